The van der Waals surface area contributed by atoms with E-state index in [-0.39, 0.29) is 0 Å². The SMILES string of the molecule is Brc1ccc(C(Br)C2CCC2)cc1. The first-order chi connectivity index (χ1) is 6.27. The van der Waals surface area contributed by atoms with Gasteiger partial charge >= 0.3 is 0 Å². The number of alkyl halides is 1. The number of benzene rings is 1. The highest BCUT2D eigenvalue weighted by Gasteiger charge is 2.25. The molecule has 13 heavy (non-hydrogen) atoms. The lowest BCUT2D eigenvalue weighted by molar-refractivity contribution is 0.312. The molecular weight excluding hydrogens is 292 g/mol. The molecule has 0 nitrogen and oxygen atoms in total. The molecule has 1 aliphatic carbocycles. The van der Waals surface area contributed by atoms with Crippen LogP contribution in [0.2, 0.25) is 0 Å². The van der Waals surface area contributed by atoms with E-state index in [9.17, 15) is 0 Å². The van der Waals surface area contributed by atoms with Crippen LogP contribution >= 0.6 is 31.9 Å². The third-order valence-corrected chi connectivity index (χ3v) is 4.56. The van der Waals surface area contributed by atoms with E-state index >= 15 is 0 Å². The van der Waals surface area contributed by atoms with Crippen molar-refractivity contribution in [3.63, 3.8) is 0 Å². The summed E-state index contributed by atoms with van der Waals surface area (Å²) in [5.41, 5.74) is 1.41. The van der Waals surface area contributed by atoms with Crippen LogP contribution in [0.3, 0.4) is 0 Å². The summed E-state index contributed by atoms with van der Waals surface area (Å²) in [6.45, 7) is 0. The van der Waals surface area contributed by atoms with Gasteiger partial charge < -0.3 is 0 Å². The quantitative estimate of drug-likeness (QED) is 0.696. The maximum absolute atomic E-state index is 3.77. The molecule has 1 saturated carbocycles. The Kier molecular flexibility index (Phi) is 3.10. The average Bonchev–Trinajstić information content (AvgIpc) is 2.02. The van der Waals surface area contributed by atoms with Crippen LogP contribution in [0.4, 0.5) is 0 Å². The van der Waals surface area contributed by atoms with Gasteiger partial charge in [0.15, 0.2) is 0 Å². The molecule has 0 N–H and O–H groups in total. The van der Waals surface area contributed by atoms with Crippen LogP contribution < -0.4 is 0 Å². The summed E-state index contributed by atoms with van der Waals surface area (Å²) < 4.78 is 1.16. The number of halogens is 2. The minimum absolute atomic E-state index is 0.564. The Labute approximate surface area is 96.0 Å². The van der Waals surface area contributed by atoms with E-state index in [0.717, 1.165) is 10.4 Å². The highest BCUT2D eigenvalue weighted by molar-refractivity contribution is 9.10. The zero-order chi connectivity index (χ0) is 9.26. The normalized spacial score (nSPS) is 19.5. The molecule has 0 aromatic heterocycles. The van der Waals surface area contributed by atoms with Crippen molar-refractivity contribution in [2.75, 3.05) is 0 Å². The van der Waals surface area contributed by atoms with Crippen molar-refractivity contribution in [1.82, 2.24) is 0 Å². The number of hydrogen-bond donors (Lipinski definition) is 0. The second-order valence-corrected chi connectivity index (χ2v) is 5.55. The van der Waals surface area contributed by atoms with Crippen molar-refractivity contribution in [3.8, 4) is 0 Å². The fourth-order valence-electron chi connectivity index (χ4n) is 1.65. The van der Waals surface area contributed by atoms with Crippen LogP contribution in [0, 0.1) is 5.92 Å². The molecular formula is C11H12Br2. The van der Waals surface area contributed by atoms with E-state index in [1.165, 1.54) is 24.8 Å². The van der Waals surface area contributed by atoms with E-state index in [4.69, 9.17) is 0 Å². The van der Waals surface area contributed by atoms with Gasteiger partial charge in [0.05, 0.1) is 0 Å². The van der Waals surface area contributed by atoms with E-state index < -0.39 is 0 Å². The Bertz CT molecular complexity index is 275. The molecule has 1 unspecified atom stereocenters. The van der Waals surface area contributed by atoms with E-state index in [1.54, 1.807) is 0 Å². The van der Waals surface area contributed by atoms with Crippen molar-refractivity contribution in [2.45, 2.75) is 24.1 Å². The van der Waals surface area contributed by atoms with Gasteiger partial charge in [-0.15, -0.1) is 0 Å². The second-order valence-electron chi connectivity index (χ2n) is 3.64. The fourth-order valence-corrected chi connectivity index (χ4v) is 2.75. The van der Waals surface area contributed by atoms with Gasteiger partial charge in [-0.2, -0.15) is 0 Å². The summed E-state index contributed by atoms with van der Waals surface area (Å²) in [4.78, 5) is 0.564. The van der Waals surface area contributed by atoms with Gasteiger partial charge in [0, 0.05) is 9.30 Å². The smallest absolute Gasteiger partial charge is 0.0423 e. The van der Waals surface area contributed by atoms with Crippen LogP contribution in [-0.2, 0) is 0 Å². The van der Waals surface area contributed by atoms with Crippen LogP contribution in [0.15, 0.2) is 28.7 Å². The van der Waals surface area contributed by atoms with Gasteiger partial charge in [-0.05, 0) is 36.5 Å². The molecule has 2 rings (SSSR count). The van der Waals surface area contributed by atoms with Gasteiger partial charge in [0.25, 0.3) is 0 Å². The zero-order valence-corrected chi connectivity index (χ0v) is 10.5. The Morgan fingerprint density at radius 2 is 1.77 bits per heavy atom. The van der Waals surface area contributed by atoms with E-state index in [1.807, 2.05) is 0 Å². The molecule has 0 amide bonds. The molecule has 70 valence electrons. The Hall–Kier alpha value is 0.180. The van der Waals surface area contributed by atoms with E-state index in [0.29, 0.717) is 4.83 Å². The summed E-state index contributed by atoms with van der Waals surface area (Å²) in [5.74, 6) is 0.862. The molecule has 0 saturated heterocycles. The first-order valence-electron chi connectivity index (χ1n) is 4.67. The third-order valence-electron chi connectivity index (χ3n) is 2.75. The third kappa shape index (κ3) is 2.16. The molecule has 1 aromatic carbocycles. The average molecular weight is 304 g/mol. The van der Waals surface area contributed by atoms with Crippen molar-refractivity contribution in [3.05, 3.63) is 34.3 Å². The first kappa shape index (κ1) is 9.72. The largest absolute Gasteiger partial charge is 0.0836 e. The minimum atomic E-state index is 0.564. The lowest BCUT2D eigenvalue weighted by atomic mass is 9.81. The molecule has 0 spiro atoms. The topological polar surface area (TPSA) is 0 Å². The second kappa shape index (κ2) is 4.14. The summed E-state index contributed by atoms with van der Waals surface area (Å²) in [6, 6.07) is 8.62. The molecule has 0 radical (unpaired) electrons. The molecule has 1 aromatic rings. The standard InChI is InChI=1S/C11H12Br2/c12-10-6-4-9(5-7-10)11(13)8-2-1-3-8/h4-8,11H,1-3H2. The minimum Gasteiger partial charge on any atom is -0.0836 e. The molecule has 1 fully saturated rings. The molecule has 1 aliphatic rings. The van der Waals surface area contributed by atoms with Gasteiger partial charge in [-0.25, -0.2) is 0 Å². The maximum Gasteiger partial charge on any atom is 0.0423 e. The first-order valence-corrected chi connectivity index (χ1v) is 6.38. The Morgan fingerprint density at radius 3 is 2.23 bits per heavy atom. The summed E-state index contributed by atoms with van der Waals surface area (Å²) in [7, 11) is 0. The summed E-state index contributed by atoms with van der Waals surface area (Å²) in [5, 5.41) is 0. The predicted octanol–water partition coefficient (Wildman–Crippen LogP) is 4.69. The lowest BCUT2D eigenvalue weighted by Gasteiger charge is -2.30. The van der Waals surface area contributed by atoms with Crippen molar-refractivity contribution in [2.24, 2.45) is 5.92 Å². The van der Waals surface area contributed by atoms with Crippen LogP contribution in [0.5, 0.6) is 0 Å². The fraction of sp³-hybridized carbons (Fsp3) is 0.455. The van der Waals surface area contributed by atoms with Crippen LogP contribution in [0.1, 0.15) is 29.7 Å². The monoisotopic (exact) mass is 302 g/mol. The van der Waals surface area contributed by atoms with Gasteiger partial charge in [0.2, 0.25) is 0 Å². The van der Waals surface area contributed by atoms with E-state index in [2.05, 4.69) is 56.1 Å². The summed E-state index contributed by atoms with van der Waals surface area (Å²) >= 11 is 7.22. The van der Waals surface area contributed by atoms with Crippen molar-refractivity contribution in [1.29, 1.82) is 0 Å². The Morgan fingerprint density at radius 1 is 1.15 bits per heavy atom. The van der Waals surface area contributed by atoms with Gasteiger partial charge in [-0.1, -0.05) is 50.4 Å². The highest BCUT2D eigenvalue weighted by Crippen LogP contribution is 2.43. The zero-order valence-electron chi connectivity index (χ0n) is 7.34. The van der Waals surface area contributed by atoms with Gasteiger partial charge in [-0.3, -0.25) is 0 Å². The number of hydrogen-bond acceptors (Lipinski definition) is 0. The molecule has 0 heterocycles. The van der Waals surface area contributed by atoms with Crippen LogP contribution in [-0.4, -0.2) is 0 Å². The summed E-state index contributed by atoms with van der Waals surface area (Å²) in [6.07, 6.45) is 4.17. The number of rotatable bonds is 2. The molecule has 0 aliphatic heterocycles. The Balaban J connectivity index is 2.10. The molecule has 1 atom stereocenters. The lowest BCUT2D eigenvalue weighted by Crippen LogP contribution is -2.16. The maximum atomic E-state index is 3.77. The van der Waals surface area contributed by atoms with Crippen molar-refractivity contribution >= 4 is 31.9 Å². The van der Waals surface area contributed by atoms with Gasteiger partial charge in [0.1, 0.15) is 0 Å². The molecule has 2 heteroatoms. The predicted molar refractivity (Wildman–Crippen MR) is 63.2 cm³/mol. The van der Waals surface area contributed by atoms with Crippen LogP contribution in [0.25, 0.3) is 0 Å². The van der Waals surface area contributed by atoms with Crippen molar-refractivity contribution < 1.29 is 0 Å². The highest BCUT2D eigenvalue weighted by atomic mass is 79.9. The molecule has 0 bridgehead atoms.